The third-order valence-electron chi connectivity index (χ3n) is 4.23. The second-order valence-electron chi connectivity index (χ2n) is 5.72. The number of carbonyl (C=O) groups excluding carboxylic acids is 1. The summed E-state index contributed by atoms with van der Waals surface area (Å²) < 4.78 is 1.67. The first-order valence-electron chi connectivity index (χ1n) is 7.78. The van der Waals surface area contributed by atoms with Gasteiger partial charge in [0, 0.05) is 32.9 Å². The number of amides is 1. The van der Waals surface area contributed by atoms with E-state index >= 15 is 0 Å². The van der Waals surface area contributed by atoms with Crippen LogP contribution in [0.1, 0.15) is 34.5 Å². The van der Waals surface area contributed by atoms with Crippen molar-refractivity contribution >= 4 is 18.3 Å². The van der Waals surface area contributed by atoms with Crippen LogP contribution in [-0.2, 0) is 13.5 Å². The van der Waals surface area contributed by atoms with Crippen molar-refractivity contribution in [2.24, 2.45) is 7.05 Å². The summed E-state index contributed by atoms with van der Waals surface area (Å²) >= 11 is 0. The maximum Gasteiger partial charge on any atom is 0.257 e. The molecular formula is C17H23ClN4O. The summed E-state index contributed by atoms with van der Waals surface area (Å²) in [6.45, 7) is 4.48. The number of aromatic nitrogens is 2. The third-order valence-corrected chi connectivity index (χ3v) is 4.23. The quantitative estimate of drug-likeness (QED) is 0.936. The van der Waals surface area contributed by atoms with Crippen molar-refractivity contribution in [3.05, 3.63) is 53.3 Å². The molecular weight excluding hydrogens is 312 g/mol. The zero-order valence-electron chi connectivity index (χ0n) is 13.5. The molecule has 2 heterocycles. The Balaban J connectivity index is 0.00000192. The van der Waals surface area contributed by atoms with Crippen LogP contribution < -0.4 is 5.32 Å². The van der Waals surface area contributed by atoms with Crippen LogP contribution in [0.3, 0.4) is 0 Å². The van der Waals surface area contributed by atoms with Crippen LogP contribution in [0.25, 0.3) is 0 Å². The van der Waals surface area contributed by atoms with E-state index in [9.17, 15) is 4.79 Å². The Labute approximate surface area is 143 Å². The lowest BCUT2D eigenvalue weighted by Gasteiger charge is -2.36. The molecule has 0 aliphatic carbocycles. The van der Waals surface area contributed by atoms with Crippen LogP contribution in [0.4, 0.5) is 0 Å². The van der Waals surface area contributed by atoms with Gasteiger partial charge in [-0.15, -0.1) is 12.4 Å². The first-order valence-corrected chi connectivity index (χ1v) is 7.78. The number of nitrogens with one attached hydrogen (secondary N) is 1. The Morgan fingerprint density at radius 1 is 1.35 bits per heavy atom. The number of carbonyl (C=O) groups is 1. The highest BCUT2D eigenvalue weighted by Gasteiger charge is 2.29. The molecule has 1 N–H and O–H groups in total. The van der Waals surface area contributed by atoms with E-state index in [1.54, 1.807) is 17.1 Å². The summed E-state index contributed by atoms with van der Waals surface area (Å²) in [5.74, 6) is 0.0548. The lowest BCUT2D eigenvalue weighted by Crippen LogP contribution is -2.48. The first kappa shape index (κ1) is 17.5. The fourth-order valence-electron chi connectivity index (χ4n) is 2.92. The molecule has 1 saturated heterocycles. The standard InChI is InChI=1S/C17H22N4O.ClH/c1-3-13-4-6-14(7-5-13)16-11-18-8-9-21(16)17(22)15-10-19-20(2)12-15;/h4-7,10,12,16,18H,3,8-9,11H2,1-2H3;1H. The van der Waals surface area contributed by atoms with Crippen LogP contribution in [0.15, 0.2) is 36.7 Å². The van der Waals surface area contributed by atoms with E-state index in [2.05, 4.69) is 41.6 Å². The molecule has 1 unspecified atom stereocenters. The molecule has 5 nitrogen and oxygen atoms in total. The third kappa shape index (κ3) is 3.74. The molecule has 1 aliphatic heterocycles. The van der Waals surface area contributed by atoms with Gasteiger partial charge in [-0.3, -0.25) is 9.48 Å². The van der Waals surface area contributed by atoms with Gasteiger partial charge in [-0.2, -0.15) is 5.10 Å². The summed E-state index contributed by atoms with van der Waals surface area (Å²) in [4.78, 5) is 14.7. The molecule has 1 aromatic carbocycles. The second-order valence-corrected chi connectivity index (χ2v) is 5.72. The zero-order chi connectivity index (χ0) is 15.5. The van der Waals surface area contributed by atoms with Gasteiger partial charge in [0.25, 0.3) is 5.91 Å². The van der Waals surface area contributed by atoms with E-state index < -0.39 is 0 Å². The highest BCUT2D eigenvalue weighted by molar-refractivity contribution is 5.94. The molecule has 1 aliphatic rings. The zero-order valence-corrected chi connectivity index (χ0v) is 14.3. The van der Waals surface area contributed by atoms with Crippen LogP contribution >= 0.6 is 12.4 Å². The van der Waals surface area contributed by atoms with Gasteiger partial charge in [0.2, 0.25) is 0 Å². The Hall–Kier alpha value is -1.85. The second kappa shape index (κ2) is 7.62. The van der Waals surface area contributed by atoms with Crippen LogP contribution in [-0.4, -0.2) is 40.2 Å². The van der Waals surface area contributed by atoms with Crippen molar-refractivity contribution in [2.45, 2.75) is 19.4 Å². The normalized spacial score (nSPS) is 17.7. The Morgan fingerprint density at radius 3 is 2.70 bits per heavy atom. The fourth-order valence-corrected chi connectivity index (χ4v) is 2.92. The van der Waals surface area contributed by atoms with Gasteiger partial charge in [-0.05, 0) is 17.5 Å². The van der Waals surface area contributed by atoms with Gasteiger partial charge >= 0.3 is 0 Å². The summed E-state index contributed by atoms with van der Waals surface area (Å²) in [6.07, 6.45) is 4.45. The van der Waals surface area contributed by atoms with E-state index in [0.29, 0.717) is 12.1 Å². The maximum atomic E-state index is 12.8. The molecule has 1 atom stereocenters. The molecule has 1 amide bonds. The summed E-state index contributed by atoms with van der Waals surface area (Å²) in [7, 11) is 1.83. The molecule has 124 valence electrons. The van der Waals surface area contributed by atoms with Gasteiger partial charge in [0.05, 0.1) is 17.8 Å². The van der Waals surface area contributed by atoms with Gasteiger partial charge in [-0.25, -0.2) is 0 Å². The average molecular weight is 335 g/mol. The molecule has 0 saturated carbocycles. The number of hydrogen-bond acceptors (Lipinski definition) is 3. The Kier molecular flexibility index (Phi) is 5.80. The monoisotopic (exact) mass is 334 g/mol. The minimum atomic E-state index is 0. The topological polar surface area (TPSA) is 50.2 Å². The molecule has 1 fully saturated rings. The van der Waals surface area contributed by atoms with E-state index in [1.807, 2.05) is 11.9 Å². The average Bonchev–Trinajstić information content (AvgIpc) is 3.01. The lowest BCUT2D eigenvalue weighted by atomic mass is 10.0. The van der Waals surface area contributed by atoms with Crippen LogP contribution in [0, 0.1) is 0 Å². The van der Waals surface area contributed by atoms with Gasteiger partial charge < -0.3 is 10.2 Å². The summed E-state index contributed by atoms with van der Waals surface area (Å²) in [5.41, 5.74) is 3.15. The van der Waals surface area contributed by atoms with E-state index in [0.717, 1.165) is 19.5 Å². The highest BCUT2D eigenvalue weighted by atomic mass is 35.5. The Morgan fingerprint density at radius 2 is 2.09 bits per heavy atom. The number of benzene rings is 1. The van der Waals surface area contributed by atoms with E-state index in [4.69, 9.17) is 0 Å². The lowest BCUT2D eigenvalue weighted by molar-refractivity contribution is 0.0634. The number of aryl methyl sites for hydroxylation is 2. The number of hydrogen-bond donors (Lipinski definition) is 1. The van der Waals surface area contributed by atoms with E-state index in [1.165, 1.54) is 11.1 Å². The van der Waals surface area contributed by atoms with Gasteiger partial charge in [0.1, 0.15) is 0 Å². The predicted octanol–water partition coefficient (Wildman–Crippen LogP) is 2.19. The highest BCUT2D eigenvalue weighted by Crippen LogP contribution is 2.24. The SMILES string of the molecule is CCc1ccc(C2CNCCN2C(=O)c2cnn(C)c2)cc1.Cl. The molecule has 2 aromatic rings. The van der Waals surface area contributed by atoms with Crippen molar-refractivity contribution in [3.8, 4) is 0 Å². The molecule has 0 radical (unpaired) electrons. The largest absolute Gasteiger partial charge is 0.329 e. The van der Waals surface area contributed by atoms with Crippen molar-refractivity contribution in [1.82, 2.24) is 20.0 Å². The van der Waals surface area contributed by atoms with E-state index in [-0.39, 0.29) is 24.4 Å². The predicted molar refractivity (Wildman–Crippen MR) is 92.9 cm³/mol. The van der Waals surface area contributed by atoms with Gasteiger partial charge in [0.15, 0.2) is 0 Å². The number of piperazine rings is 1. The number of rotatable bonds is 3. The minimum absolute atomic E-state index is 0. The van der Waals surface area contributed by atoms with Gasteiger partial charge in [-0.1, -0.05) is 31.2 Å². The van der Waals surface area contributed by atoms with Crippen LogP contribution in [0.5, 0.6) is 0 Å². The van der Waals surface area contributed by atoms with Crippen molar-refractivity contribution in [2.75, 3.05) is 19.6 Å². The molecule has 0 spiro atoms. The fraction of sp³-hybridized carbons (Fsp3) is 0.412. The maximum absolute atomic E-state index is 12.8. The smallest absolute Gasteiger partial charge is 0.257 e. The van der Waals surface area contributed by atoms with Crippen molar-refractivity contribution in [3.63, 3.8) is 0 Å². The Bertz CT molecular complexity index is 653. The molecule has 23 heavy (non-hydrogen) atoms. The molecule has 6 heteroatoms. The van der Waals surface area contributed by atoms with Crippen LogP contribution in [0.2, 0.25) is 0 Å². The van der Waals surface area contributed by atoms with Crippen molar-refractivity contribution in [1.29, 1.82) is 0 Å². The number of nitrogens with zero attached hydrogens (tertiary/aromatic N) is 3. The minimum Gasteiger partial charge on any atom is -0.329 e. The molecule has 0 bridgehead atoms. The summed E-state index contributed by atoms with van der Waals surface area (Å²) in [5, 5.41) is 7.50. The molecule has 1 aromatic heterocycles. The summed E-state index contributed by atoms with van der Waals surface area (Å²) in [6, 6.07) is 8.65. The first-order chi connectivity index (χ1) is 10.7. The molecule has 3 rings (SSSR count). The van der Waals surface area contributed by atoms with Crippen molar-refractivity contribution < 1.29 is 4.79 Å². The number of halogens is 1.